The predicted molar refractivity (Wildman–Crippen MR) is 126 cm³/mol. The molecule has 0 radical (unpaired) electrons. The summed E-state index contributed by atoms with van der Waals surface area (Å²) < 4.78 is 7.99. The largest absolute Gasteiger partial charge is 0.350 e. The molecule has 1 aliphatic rings. The van der Waals surface area contributed by atoms with Crippen LogP contribution in [-0.4, -0.2) is 36.8 Å². The third-order valence-corrected chi connectivity index (χ3v) is 6.09. The van der Waals surface area contributed by atoms with Gasteiger partial charge in [0.25, 0.3) is 5.89 Å². The van der Waals surface area contributed by atoms with Gasteiger partial charge in [-0.25, -0.2) is 13.9 Å². The molecule has 34 heavy (non-hydrogen) atoms. The second kappa shape index (κ2) is 7.96. The molecule has 0 N–H and O–H groups in total. The lowest BCUT2D eigenvalue weighted by Crippen LogP contribution is -2.35. The molecule has 0 unspecified atom stereocenters. The minimum atomic E-state index is -0.421. The molecule has 6 rings (SSSR count). The molecular formula is C24H17ClN6O3. The lowest BCUT2D eigenvalue weighted by molar-refractivity contribution is -0.119. The fraction of sp³-hybridized carbons (Fsp3) is 0.125. The molecule has 0 atom stereocenters. The number of para-hydroxylation sites is 1. The van der Waals surface area contributed by atoms with E-state index in [9.17, 15) is 9.59 Å². The summed E-state index contributed by atoms with van der Waals surface area (Å²) in [6, 6.07) is 18.3. The molecule has 5 aromatic rings. The molecule has 2 aromatic carbocycles. The van der Waals surface area contributed by atoms with Crippen LogP contribution in [0.2, 0.25) is 5.02 Å². The summed E-state index contributed by atoms with van der Waals surface area (Å²) in [4.78, 5) is 32.1. The highest BCUT2D eigenvalue weighted by Gasteiger charge is 2.26. The molecule has 0 saturated carbocycles. The normalized spacial score (nSPS) is 12.9. The third kappa shape index (κ3) is 3.37. The number of rotatable bonds is 4. The van der Waals surface area contributed by atoms with Gasteiger partial charge in [0.15, 0.2) is 5.65 Å². The van der Waals surface area contributed by atoms with Gasteiger partial charge in [0.05, 0.1) is 5.56 Å². The number of benzene rings is 2. The highest BCUT2D eigenvalue weighted by molar-refractivity contribution is 6.30. The van der Waals surface area contributed by atoms with E-state index in [1.165, 1.54) is 9.08 Å². The average molecular weight is 473 g/mol. The van der Waals surface area contributed by atoms with Crippen molar-refractivity contribution in [2.75, 3.05) is 11.4 Å². The molecule has 4 heterocycles. The van der Waals surface area contributed by atoms with E-state index in [1.54, 1.807) is 47.5 Å². The minimum absolute atomic E-state index is 0.172. The van der Waals surface area contributed by atoms with Crippen LogP contribution < -0.4 is 10.6 Å². The molecule has 3 aromatic heterocycles. The first-order chi connectivity index (χ1) is 16.6. The van der Waals surface area contributed by atoms with Crippen molar-refractivity contribution in [1.82, 2.24) is 24.3 Å². The molecule has 9 nitrogen and oxygen atoms in total. The number of halogens is 1. The summed E-state index contributed by atoms with van der Waals surface area (Å²) in [6.07, 6.45) is 2.38. The van der Waals surface area contributed by atoms with E-state index in [0.29, 0.717) is 28.6 Å². The van der Waals surface area contributed by atoms with E-state index in [4.69, 9.17) is 16.1 Å². The van der Waals surface area contributed by atoms with E-state index in [-0.39, 0.29) is 18.3 Å². The predicted octanol–water partition coefficient (Wildman–Crippen LogP) is 3.46. The lowest BCUT2D eigenvalue weighted by Gasteiger charge is -2.16. The van der Waals surface area contributed by atoms with Crippen LogP contribution in [0.5, 0.6) is 0 Å². The van der Waals surface area contributed by atoms with Crippen molar-refractivity contribution in [2.45, 2.75) is 13.0 Å². The Morgan fingerprint density at radius 1 is 1.06 bits per heavy atom. The van der Waals surface area contributed by atoms with Gasteiger partial charge in [0, 0.05) is 29.0 Å². The summed E-state index contributed by atoms with van der Waals surface area (Å²) in [7, 11) is 0. The van der Waals surface area contributed by atoms with Gasteiger partial charge in [-0.1, -0.05) is 35.0 Å². The van der Waals surface area contributed by atoms with Crippen LogP contribution >= 0.6 is 11.6 Å². The highest BCUT2D eigenvalue weighted by Crippen LogP contribution is 2.28. The number of amides is 1. The van der Waals surface area contributed by atoms with Gasteiger partial charge in [-0.3, -0.25) is 4.79 Å². The van der Waals surface area contributed by atoms with E-state index < -0.39 is 5.69 Å². The van der Waals surface area contributed by atoms with Crippen LogP contribution in [0.3, 0.4) is 0 Å². The molecular weight excluding hydrogens is 456 g/mol. The fourth-order valence-corrected chi connectivity index (χ4v) is 4.29. The van der Waals surface area contributed by atoms with Crippen LogP contribution in [0.15, 0.2) is 76.2 Å². The Bertz CT molecular complexity index is 1600. The number of pyridine rings is 1. The monoisotopic (exact) mass is 472 g/mol. The smallest absolute Gasteiger partial charge is 0.333 e. The Morgan fingerprint density at radius 3 is 2.74 bits per heavy atom. The first-order valence-electron chi connectivity index (χ1n) is 10.6. The topological polar surface area (TPSA) is 98.5 Å². The average Bonchev–Trinajstić information content (AvgIpc) is 3.58. The van der Waals surface area contributed by atoms with Crippen molar-refractivity contribution < 1.29 is 9.32 Å². The van der Waals surface area contributed by atoms with E-state index in [2.05, 4.69) is 15.2 Å². The lowest BCUT2D eigenvalue weighted by atomic mass is 10.2. The van der Waals surface area contributed by atoms with Gasteiger partial charge in [0.2, 0.25) is 11.7 Å². The first-order valence-corrected chi connectivity index (χ1v) is 11.0. The van der Waals surface area contributed by atoms with Crippen LogP contribution in [0, 0.1) is 0 Å². The molecule has 1 aliphatic heterocycles. The molecule has 1 amide bonds. The number of carbonyl (C=O) groups is 1. The highest BCUT2D eigenvalue weighted by atomic mass is 35.5. The molecule has 0 bridgehead atoms. The van der Waals surface area contributed by atoms with Crippen molar-refractivity contribution >= 4 is 28.8 Å². The number of carbonyl (C=O) groups excluding carboxylic acids is 1. The molecule has 168 valence electrons. The van der Waals surface area contributed by atoms with Gasteiger partial charge in [0.1, 0.15) is 6.54 Å². The van der Waals surface area contributed by atoms with Crippen molar-refractivity contribution in [3.63, 3.8) is 0 Å². The number of aromatic nitrogens is 5. The summed E-state index contributed by atoms with van der Waals surface area (Å²) in [5.41, 5.74) is 3.14. The quantitative estimate of drug-likeness (QED) is 0.397. The Kier molecular flexibility index (Phi) is 4.77. The maximum atomic E-state index is 13.0. The molecule has 0 spiro atoms. The SMILES string of the molecule is O=C(Cn1nc2c(-c3nc(-c4ccc(Cl)cc4)no3)cccn2c1=O)N1CCc2ccccc21. The van der Waals surface area contributed by atoms with Gasteiger partial charge in [-0.15, -0.1) is 5.10 Å². The van der Waals surface area contributed by atoms with Crippen LogP contribution in [0.4, 0.5) is 5.69 Å². The Morgan fingerprint density at radius 2 is 1.88 bits per heavy atom. The van der Waals surface area contributed by atoms with Crippen molar-refractivity contribution in [2.24, 2.45) is 0 Å². The third-order valence-electron chi connectivity index (χ3n) is 5.84. The van der Waals surface area contributed by atoms with E-state index >= 15 is 0 Å². The Hall–Kier alpha value is -4.24. The molecule has 0 aliphatic carbocycles. The zero-order valence-corrected chi connectivity index (χ0v) is 18.5. The standard InChI is InChI=1S/C24H17ClN6O3/c25-17-9-7-16(8-10-17)21-26-23(34-28-21)18-5-3-12-30-22(18)27-31(24(30)33)14-20(32)29-13-11-15-4-1-2-6-19(15)29/h1-10,12H,11,13-14H2. The number of hydrogen-bond acceptors (Lipinski definition) is 6. The van der Waals surface area contributed by atoms with Crippen molar-refractivity contribution in [3.8, 4) is 22.8 Å². The number of hydrogen-bond donors (Lipinski definition) is 0. The summed E-state index contributed by atoms with van der Waals surface area (Å²) in [6.45, 7) is 0.412. The molecule has 0 saturated heterocycles. The van der Waals surface area contributed by atoms with Crippen LogP contribution in [0.25, 0.3) is 28.5 Å². The second-order valence-corrected chi connectivity index (χ2v) is 8.35. The van der Waals surface area contributed by atoms with Gasteiger partial charge in [-0.05, 0) is 54.4 Å². The zero-order valence-electron chi connectivity index (χ0n) is 17.8. The van der Waals surface area contributed by atoms with Crippen molar-refractivity contribution in [3.05, 3.63) is 87.9 Å². The maximum Gasteiger partial charge on any atom is 0.350 e. The van der Waals surface area contributed by atoms with Crippen LogP contribution in [-0.2, 0) is 17.8 Å². The maximum absolute atomic E-state index is 13.0. The Balaban J connectivity index is 1.33. The van der Waals surface area contributed by atoms with Crippen LogP contribution in [0.1, 0.15) is 5.56 Å². The number of fused-ring (bicyclic) bond motifs is 2. The second-order valence-electron chi connectivity index (χ2n) is 7.91. The number of nitrogens with zero attached hydrogens (tertiary/aromatic N) is 6. The van der Waals surface area contributed by atoms with E-state index in [1.807, 2.05) is 24.3 Å². The van der Waals surface area contributed by atoms with Crippen molar-refractivity contribution in [1.29, 1.82) is 0 Å². The van der Waals surface area contributed by atoms with Gasteiger partial charge >= 0.3 is 5.69 Å². The summed E-state index contributed by atoms with van der Waals surface area (Å²) in [5, 5.41) is 9.07. The summed E-state index contributed by atoms with van der Waals surface area (Å²) in [5.74, 6) is 0.408. The Labute approximate surface area is 197 Å². The first kappa shape index (κ1) is 20.4. The van der Waals surface area contributed by atoms with Gasteiger partial charge < -0.3 is 9.42 Å². The molecule has 0 fully saturated rings. The zero-order chi connectivity index (χ0) is 23.2. The van der Waals surface area contributed by atoms with E-state index in [0.717, 1.165) is 23.2 Å². The summed E-state index contributed by atoms with van der Waals surface area (Å²) >= 11 is 5.95. The molecule has 10 heteroatoms. The number of anilines is 1. The fourth-order valence-electron chi connectivity index (χ4n) is 4.17. The minimum Gasteiger partial charge on any atom is -0.333 e. The van der Waals surface area contributed by atoms with Gasteiger partial charge in [-0.2, -0.15) is 4.98 Å².